The van der Waals surface area contributed by atoms with Gasteiger partial charge in [0, 0.05) is 18.1 Å². The Kier molecular flexibility index (Phi) is 3.24. The van der Waals surface area contributed by atoms with Crippen LogP contribution in [0.25, 0.3) is 10.9 Å². The third-order valence-electron chi connectivity index (χ3n) is 3.62. The van der Waals surface area contributed by atoms with Gasteiger partial charge in [-0.3, -0.25) is 4.98 Å². The molecular formula is C16H18N4. The lowest BCUT2D eigenvalue weighted by Crippen LogP contribution is -2.20. The van der Waals surface area contributed by atoms with Crippen molar-refractivity contribution in [2.75, 3.05) is 7.05 Å². The highest BCUT2D eigenvalue weighted by atomic mass is 15.1. The van der Waals surface area contributed by atoms with E-state index in [0.717, 1.165) is 22.3 Å². The number of aryl methyl sites for hydroxylation is 2. The highest BCUT2D eigenvalue weighted by molar-refractivity contribution is 5.79. The predicted octanol–water partition coefficient (Wildman–Crippen LogP) is 2.59. The SMILES string of the molecule is CNC(c1ccc2nc(C)ccc2c1)c1cncn1C. The van der Waals surface area contributed by atoms with Crippen LogP contribution < -0.4 is 5.32 Å². The molecule has 0 aliphatic rings. The molecule has 0 aliphatic heterocycles. The van der Waals surface area contributed by atoms with Gasteiger partial charge < -0.3 is 9.88 Å². The van der Waals surface area contributed by atoms with Gasteiger partial charge in [-0.1, -0.05) is 12.1 Å². The Labute approximate surface area is 118 Å². The largest absolute Gasteiger partial charge is 0.336 e. The van der Waals surface area contributed by atoms with Gasteiger partial charge in [-0.2, -0.15) is 0 Å². The van der Waals surface area contributed by atoms with Crippen molar-refractivity contribution in [3.05, 3.63) is 59.8 Å². The van der Waals surface area contributed by atoms with Crippen LogP contribution in [0.2, 0.25) is 0 Å². The molecule has 3 aromatic rings. The Bertz CT molecular complexity index is 745. The van der Waals surface area contributed by atoms with E-state index in [4.69, 9.17) is 0 Å². The van der Waals surface area contributed by atoms with Gasteiger partial charge in [0.2, 0.25) is 0 Å². The maximum Gasteiger partial charge on any atom is 0.0946 e. The number of nitrogens with one attached hydrogen (secondary N) is 1. The lowest BCUT2D eigenvalue weighted by Gasteiger charge is -2.17. The molecule has 1 unspecified atom stereocenters. The van der Waals surface area contributed by atoms with Crippen molar-refractivity contribution in [2.45, 2.75) is 13.0 Å². The third kappa shape index (κ3) is 2.18. The van der Waals surface area contributed by atoms with Gasteiger partial charge in [-0.15, -0.1) is 0 Å². The van der Waals surface area contributed by atoms with Crippen molar-refractivity contribution in [3.8, 4) is 0 Å². The Morgan fingerprint density at radius 1 is 1.20 bits per heavy atom. The average molecular weight is 266 g/mol. The first-order chi connectivity index (χ1) is 9.69. The standard InChI is InChI=1S/C16H18N4/c1-11-4-5-12-8-13(6-7-14(12)19-11)16(17-2)15-9-18-10-20(15)3/h4-10,16-17H,1-3H3. The number of hydrogen-bond acceptors (Lipinski definition) is 3. The molecule has 4 heteroatoms. The van der Waals surface area contributed by atoms with E-state index in [1.807, 2.05) is 44.2 Å². The van der Waals surface area contributed by atoms with E-state index >= 15 is 0 Å². The van der Waals surface area contributed by atoms with Gasteiger partial charge in [-0.05, 0) is 37.7 Å². The summed E-state index contributed by atoms with van der Waals surface area (Å²) in [5.41, 5.74) is 4.44. The van der Waals surface area contributed by atoms with Gasteiger partial charge in [-0.25, -0.2) is 4.98 Å². The number of aromatic nitrogens is 3. The van der Waals surface area contributed by atoms with Crippen molar-refractivity contribution in [1.29, 1.82) is 0 Å². The first kappa shape index (κ1) is 12.8. The van der Waals surface area contributed by atoms with Crippen molar-refractivity contribution in [1.82, 2.24) is 19.9 Å². The molecule has 0 amide bonds. The van der Waals surface area contributed by atoms with Crippen LogP contribution in [0.5, 0.6) is 0 Å². The topological polar surface area (TPSA) is 42.7 Å². The second-order valence-corrected chi connectivity index (χ2v) is 5.06. The zero-order valence-electron chi connectivity index (χ0n) is 12.0. The van der Waals surface area contributed by atoms with Crippen LogP contribution >= 0.6 is 0 Å². The smallest absolute Gasteiger partial charge is 0.0946 e. The minimum Gasteiger partial charge on any atom is -0.336 e. The Balaban J connectivity index is 2.08. The van der Waals surface area contributed by atoms with Crippen molar-refractivity contribution < 1.29 is 0 Å². The fourth-order valence-electron chi connectivity index (χ4n) is 2.56. The molecule has 20 heavy (non-hydrogen) atoms. The van der Waals surface area contributed by atoms with Crippen LogP contribution in [0, 0.1) is 6.92 Å². The summed E-state index contributed by atoms with van der Waals surface area (Å²) in [6.45, 7) is 2.01. The molecule has 4 nitrogen and oxygen atoms in total. The molecule has 1 atom stereocenters. The summed E-state index contributed by atoms with van der Waals surface area (Å²) in [5.74, 6) is 0. The van der Waals surface area contributed by atoms with E-state index < -0.39 is 0 Å². The molecule has 0 aliphatic carbocycles. The number of pyridine rings is 1. The molecule has 0 radical (unpaired) electrons. The first-order valence-electron chi connectivity index (χ1n) is 6.70. The quantitative estimate of drug-likeness (QED) is 0.792. The van der Waals surface area contributed by atoms with E-state index in [1.165, 1.54) is 5.56 Å². The molecule has 0 saturated carbocycles. The zero-order valence-corrected chi connectivity index (χ0v) is 12.0. The summed E-state index contributed by atoms with van der Waals surface area (Å²) in [4.78, 5) is 8.74. The van der Waals surface area contributed by atoms with Crippen molar-refractivity contribution in [2.24, 2.45) is 7.05 Å². The number of fused-ring (bicyclic) bond motifs is 1. The number of hydrogen-bond donors (Lipinski definition) is 1. The van der Waals surface area contributed by atoms with E-state index in [2.05, 4.69) is 39.6 Å². The lowest BCUT2D eigenvalue weighted by molar-refractivity contribution is 0.639. The maximum absolute atomic E-state index is 4.54. The summed E-state index contributed by atoms with van der Waals surface area (Å²) in [6.07, 6.45) is 3.73. The lowest BCUT2D eigenvalue weighted by atomic mass is 10.0. The van der Waals surface area contributed by atoms with Crippen LogP contribution in [0.1, 0.15) is 23.0 Å². The molecule has 0 fully saturated rings. The van der Waals surface area contributed by atoms with Gasteiger partial charge in [0.25, 0.3) is 0 Å². The van der Waals surface area contributed by atoms with E-state index in [0.29, 0.717) is 0 Å². The van der Waals surface area contributed by atoms with Gasteiger partial charge >= 0.3 is 0 Å². The number of imidazole rings is 1. The molecule has 0 saturated heterocycles. The Morgan fingerprint density at radius 3 is 2.75 bits per heavy atom. The van der Waals surface area contributed by atoms with Crippen LogP contribution in [-0.2, 0) is 7.05 Å². The maximum atomic E-state index is 4.54. The molecule has 2 aromatic heterocycles. The van der Waals surface area contributed by atoms with E-state index in [1.54, 1.807) is 0 Å². The van der Waals surface area contributed by atoms with E-state index in [-0.39, 0.29) is 6.04 Å². The Hall–Kier alpha value is -2.20. The summed E-state index contributed by atoms with van der Waals surface area (Å²) in [5, 5.41) is 4.52. The van der Waals surface area contributed by atoms with Crippen LogP contribution in [-0.4, -0.2) is 21.6 Å². The van der Waals surface area contributed by atoms with Crippen molar-refractivity contribution >= 4 is 10.9 Å². The van der Waals surface area contributed by atoms with Crippen LogP contribution in [0.15, 0.2) is 42.9 Å². The van der Waals surface area contributed by atoms with Crippen LogP contribution in [0.3, 0.4) is 0 Å². The van der Waals surface area contributed by atoms with Gasteiger partial charge in [0.05, 0.1) is 29.8 Å². The highest BCUT2D eigenvalue weighted by Gasteiger charge is 2.15. The third-order valence-corrected chi connectivity index (χ3v) is 3.62. The Morgan fingerprint density at radius 2 is 2.05 bits per heavy atom. The molecule has 3 rings (SSSR count). The summed E-state index contributed by atoms with van der Waals surface area (Å²) >= 11 is 0. The fourth-order valence-corrected chi connectivity index (χ4v) is 2.56. The molecular weight excluding hydrogens is 248 g/mol. The monoisotopic (exact) mass is 266 g/mol. The van der Waals surface area contributed by atoms with Crippen molar-refractivity contribution in [3.63, 3.8) is 0 Å². The predicted molar refractivity (Wildman–Crippen MR) is 80.6 cm³/mol. The second kappa shape index (κ2) is 5.06. The molecule has 1 aromatic carbocycles. The first-order valence-corrected chi connectivity index (χ1v) is 6.70. The molecule has 1 N–H and O–H groups in total. The molecule has 2 heterocycles. The van der Waals surface area contributed by atoms with Gasteiger partial charge in [0.15, 0.2) is 0 Å². The summed E-state index contributed by atoms with van der Waals surface area (Å²) < 4.78 is 2.04. The summed E-state index contributed by atoms with van der Waals surface area (Å²) in [6, 6.07) is 10.7. The normalized spacial score (nSPS) is 12.8. The average Bonchev–Trinajstić information content (AvgIpc) is 2.86. The summed E-state index contributed by atoms with van der Waals surface area (Å²) in [7, 11) is 3.98. The minimum absolute atomic E-state index is 0.133. The molecule has 0 bridgehead atoms. The molecule has 0 spiro atoms. The van der Waals surface area contributed by atoms with Gasteiger partial charge in [0.1, 0.15) is 0 Å². The minimum atomic E-state index is 0.133. The molecule has 102 valence electrons. The highest BCUT2D eigenvalue weighted by Crippen LogP contribution is 2.24. The number of benzene rings is 1. The second-order valence-electron chi connectivity index (χ2n) is 5.06. The number of nitrogens with zero attached hydrogens (tertiary/aromatic N) is 3. The fraction of sp³-hybridized carbons (Fsp3) is 0.250. The zero-order chi connectivity index (χ0) is 14.1. The number of rotatable bonds is 3. The van der Waals surface area contributed by atoms with E-state index in [9.17, 15) is 0 Å². The van der Waals surface area contributed by atoms with Crippen LogP contribution in [0.4, 0.5) is 0 Å².